The van der Waals surface area contributed by atoms with E-state index in [1.54, 1.807) is 17.8 Å². The van der Waals surface area contributed by atoms with Gasteiger partial charge in [-0.2, -0.15) is 5.10 Å². The van der Waals surface area contributed by atoms with Gasteiger partial charge in [0.05, 0.1) is 30.6 Å². The molecular weight excluding hydrogens is 385 g/mol. The van der Waals surface area contributed by atoms with Gasteiger partial charge in [0, 0.05) is 25.1 Å². The third-order valence-electron chi connectivity index (χ3n) is 5.11. The number of methoxy groups -OCH3 is 1. The minimum absolute atomic E-state index is 0.321. The molecular formula is C18H19ClFN7O. The average molecular weight is 404 g/mol. The molecule has 1 saturated heterocycles. The van der Waals surface area contributed by atoms with Crippen LogP contribution in [0.25, 0.3) is 17.0 Å². The molecule has 8 nitrogen and oxygen atoms in total. The maximum absolute atomic E-state index is 13.9. The molecule has 1 aliphatic carbocycles. The van der Waals surface area contributed by atoms with Gasteiger partial charge in [-0.3, -0.25) is 0 Å². The molecule has 2 fully saturated rings. The van der Waals surface area contributed by atoms with E-state index < -0.39 is 6.17 Å². The Balaban J connectivity index is 1.55. The van der Waals surface area contributed by atoms with Crippen LogP contribution in [-0.4, -0.2) is 57.0 Å². The smallest absolute Gasteiger partial charge is 0.223 e. The number of nitrogens with one attached hydrogen (secondary N) is 2. The van der Waals surface area contributed by atoms with Crippen LogP contribution in [-0.2, 0) is 0 Å². The fourth-order valence-corrected chi connectivity index (χ4v) is 3.63. The summed E-state index contributed by atoms with van der Waals surface area (Å²) in [5, 5.41) is 11.2. The summed E-state index contributed by atoms with van der Waals surface area (Å²) in [5.41, 5.74) is 2.70. The number of imidazole rings is 1. The van der Waals surface area contributed by atoms with Crippen LogP contribution < -0.4 is 15.4 Å². The lowest BCUT2D eigenvalue weighted by atomic mass is 10.2. The monoisotopic (exact) mass is 403 g/mol. The molecule has 1 saturated carbocycles. The number of fused-ring (bicyclic) bond motifs is 1. The summed E-state index contributed by atoms with van der Waals surface area (Å²) in [6.45, 7) is 0.839. The van der Waals surface area contributed by atoms with Crippen molar-refractivity contribution >= 4 is 23.2 Å². The fourth-order valence-electron chi connectivity index (χ4n) is 3.45. The van der Waals surface area contributed by atoms with E-state index in [-0.39, 0.29) is 6.04 Å². The molecule has 146 valence electrons. The quantitative estimate of drug-likeness (QED) is 0.676. The summed E-state index contributed by atoms with van der Waals surface area (Å²) in [7, 11) is 1.64. The first-order chi connectivity index (χ1) is 13.6. The van der Waals surface area contributed by atoms with Crippen LogP contribution in [0.1, 0.15) is 24.5 Å². The molecule has 2 atom stereocenters. The number of aromatic nitrogens is 5. The molecule has 0 amide bonds. The molecule has 5 rings (SSSR count). The maximum atomic E-state index is 13.9. The van der Waals surface area contributed by atoms with Crippen molar-refractivity contribution in [1.82, 2.24) is 29.9 Å². The van der Waals surface area contributed by atoms with E-state index in [4.69, 9.17) is 21.4 Å². The van der Waals surface area contributed by atoms with Gasteiger partial charge in [-0.1, -0.05) is 11.6 Å². The van der Waals surface area contributed by atoms with Crippen molar-refractivity contribution < 1.29 is 9.13 Å². The average Bonchev–Trinajstić information content (AvgIpc) is 3.35. The zero-order chi connectivity index (χ0) is 19.3. The summed E-state index contributed by atoms with van der Waals surface area (Å²) in [6.07, 6.45) is 4.38. The highest BCUT2D eigenvalue weighted by molar-refractivity contribution is 6.32. The van der Waals surface area contributed by atoms with E-state index in [2.05, 4.69) is 25.6 Å². The Labute approximate surface area is 165 Å². The highest BCUT2D eigenvalue weighted by atomic mass is 35.5. The van der Waals surface area contributed by atoms with Crippen LogP contribution >= 0.6 is 11.6 Å². The zero-order valence-corrected chi connectivity index (χ0v) is 15.9. The Bertz CT molecular complexity index is 1040. The number of anilines is 1. The van der Waals surface area contributed by atoms with Crippen molar-refractivity contribution in [2.24, 2.45) is 0 Å². The molecule has 10 heteroatoms. The third kappa shape index (κ3) is 3.04. The Hall–Kier alpha value is -2.52. The molecule has 0 spiro atoms. The summed E-state index contributed by atoms with van der Waals surface area (Å²) >= 11 is 6.37. The highest BCUT2D eigenvalue weighted by Gasteiger charge is 2.30. The SMILES string of the molecule is COc1cc2ncc(-c3nc(NC4CNCC4F)ncc3Cl)n2nc1C1CC1. The summed E-state index contributed by atoms with van der Waals surface area (Å²) in [4.78, 5) is 13.1. The molecule has 3 aromatic rings. The van der Waals surface area contributed by atoms with E-state index >= 15 is 0 Å². The summed E-state index contributed by atoms with van der Waals surface area (Å²) in [5.74, 6) is 1.47. The lowest BCUT2D eigenvalue weighted by Crippen LogP contribution is -2.30. The molecule has 2 unspecified atom stereocenters. The van der Waals surface area contributed by atoms with Crippen molar-refractivity contribution in [3.8, 4) is 17.1 Å². The van der Waals surface area contributed by atoms with Crippen LogP contribution in [0.2, 0.25) is 5.02 Å². The number of rotatable bonds is 5. The van der Waals surface area contributed by atoms with Gasteiger partial charge in [0.1, 0.15) is 29.0 Å². The van der Waals surface area contributed by atoms with Crippen LogP contribution in [0.15, 0.2) is 18.5 Å². The first kappa shape index (κ1) is 17.6. The maximum Gasteiger partial charge on any atom is 0.223 e. The normalized spacial score (nSPS) is 22.0. The number of ether oxygens (including phenoxy) is 1. The minimum Gasteiger partial charge on any atom is -0.495 e. The van der Waals surface area contributed by atoms with Crippen LogP contribution in [0.3, 0.4) is 0 Å². The second-order valence-electron chi connectivity index (χ2n) is 7.10. The van der Waals surface area contributed by atoms with Gasteiger partial charge in [-0.05, 0) is 12.8 Å². The van der Waals surface area contributed by atoms with Crippen LogP contribution in [0, 0.1) is 0 Å². The van der Waals surface area contributed by atoms with E-state index in [1.807, 2.05) is 6.07 Å². The third-order valence-corrected chi connectivity index (χ3v) is 5.39. The number of nitrogens with zero attached hydrogens (tertiary/aromatic N) is 5. The van der Waals surface area contributed by atoms with Gasteiger partial charge in [-0.15, -0.1) is 0 Å². The van der Waals surface area contributed by atoms with E-state index in [9.17, 15) is 4.39 Å². The molecule has 3 aromatic heterocycles. The van der Waals surface area contributed by atoms with E-state index in [0.29, 0.717) is 47.0 Å². The van der Waals surface area contributed by atoms with Gasteiger partial charge in [0.15, 0.2) is 5.65 Å². The Morgan fingerprint density at radius 3 is 2.86 bits per heavy atom. The Morgan fingerprint density at radius 1 is 1.29 bits per heavy atom. The molecule has 2 aliphatic rings. The summed E-state index contributed by atoms with van der Waals surface area (Å²) < 4.78 is 21.1. The number of hydrogen-bond donors (Lipinski definition) is 2. The first-order valence-electron chi connectivity index (χ1n) is 9.21. The Kier molecular flexibility index (Phi) is 4.28. The number of hydrogen-bond acceptors (Lipinski definition) is 7. The molecule has 1 aliphatic heterocycles. The van der Waals surface area contributed by atoms with Gasteiger partial charge < -0.3 is 15.4 Å². The summed E-state index contributed by atoms with van der Waals surface area (Å²) in [6, 6.07) is 1.50. The van der Waals surface area contributed by atoms with Crippen molar-refractivity contribution in [3.05, 3.63) is 29.2 Å². The molecule has 28 heavy (non-hydrogen) atoms. The number of alkyl halides is 1. The minimum atomic E-state index is -0.992. The van der Waals surface area contributed by atoms with E-state index in [1.165, 1.54) is 6.20 Å². The largest absolute Gasteiger partial charge is 0.495 e. The zero-order valence-electron chi connectivity index (χ0n) is 15.2. The van der Waals surface area contributed by atoms with Crippen molar-refractivity contribution in [2.45, 2.75) is 31.0 Å². The second kappa shape index (κ2) is 6.82. The highest BCUT2D eigenvalue weighted by Crippen LogP contribution is 2.43. The molecule has 0 aromatic carbocycles. The fraction of sp³-hybridized carbons (Fsp3) is 0.444. The van der Waals surface area contributed by atoms with Gasteiger partial charge >= 0.3 is 0 Å². The van der Waals surface area contributed by atoms with Gasteiger partial charge in [0.2, 0.25) is 5.95 Å². The van der Waals surface area contributed by atoms with Crippen molar-refractivity contribution in [2.75, 3.05) is 25.5 Å². The van der Waals surface area contributed by atoms with Gasteiger partial charge in [-0.25, -0.2) is 23.9 Å². The van der Waals surface area contributed by atoms with Crippen molar-refractivity contribution in [3.63, 3.8) is 0 Å². The standard InChI is InChI=1S/C18H19ClFN7O/c1-28-14-4-15-22-8-13(27(15)26-16(14)9-2-3-9)17-10(19)5-23-18(25-17)24-12-7-21-6-11(12)20/h4-5,8-9,11-12,21H,2-3,6-7H2,1H3,(H,23,24,25). The molecule has 4 heterocycles. The molecule has 0 bridgehead atoms. The first-order valence-corrected chi connectivity index (χ1v) is 9.58. The second-order valence-corrected chi connectivity index (χ2v) is 7.51. The molecule has 2 N–H and O–H groups in total. The number of halogens is 2. The predicted molar refractivity (Wildman–Crippen MR) is 103 cm³/mol. The van der Waals surface area contributed by atoms with Crippen LogP contribution in [0.5, 0.6) is 5.75 Å². The Morgan fingerprint density at radius 2 is 2.14 bits per heavy atom. The lowest BCUT2D eigenvalue weighted by molar-refractivity contribution is 0.342. The lowest BCUT2D eigenvalue weighted by Gasteiger charge is -2.14. The van der Waals surface area contributed by atoms with Crippen LogP contribution in [0.4, 0.5) is 10.3 Å². The van der Waals surface area contributed by atoms with E-state index in [0.717, 1.165) is 24.3 Å². The molecule has 0 radical (unpaired) electrons. The topological polar surface area (TPSA) is 89.3 Å². The predicted octanol–water partition coefficient (Wildman–Crippen LogP) is 2.45. The van der Waals surface area contributed by atoms with Crippen molar-refractivity contribution in [1.29, 1.82) is 0 Å². The van der Waals surface area contributed by atoms with Gasteiger partial charge in [0.25, 0.3) is 0 Å².